The van der Waals surface area contributed by atoms with Gasteiger partial charge in [0.1, 0.15) is 11.6 Å². The summed E-state index contributed by atoms with van der Waals surface area (Å²) in [4.78, 5) is 13.0. The highest BCUT2D eigenvalue weighted by Gasteiger charge is 2.19. The van der Waals surface area contributed by atoms with Gasteiger partial charge in [-0.15, -0.1) is 10.2 Å². The smallest absolute Gasteiger partial charge is 0.231 e. The van der Waals surface area contributed by atoms with Crippen LogP contribution in [0.5, 0.6) is 5.75 Å². The van der Waals surface area contributed by atoms with Crippen LogP contribution in [0.25, 0.3) is 11.4 Å². The van der Waals surface area contributed by atoms with Crippen LogP contribution in [0.3, 0.4) is 0 Å². The molecule has 1 heterocycles. The highest BCUT2D eigenvalue weighted by atomic mass is 32.2. The van der Waals surface area contributed by atoms with Gasteiger partial charge in [-0.2, -0.15) is 0 Å². The summed E-state index contributed by atoms with van der Waals surface area (Å²) >= 11 is 1.29. The molecule has 0 saturated heterocycles. The quantitative estimate of drug-likeness (QED) is 0.327. The van der Waals surface area contributed by atoms with Gasteiger partial charge in [0.2, 0.25) is 5.91 Å². The van der Waals surface area contributed by atoms with Crippen molar-refractivity contribution in [1.29, 1.82) is 0 Å². The van der Waals surface area contributed by atoms with Gasteiger partial charge in [-0.25, -0.2) is 4.39 Å². The van der Waals surface area contributed by atoms with Crippen molar-refractivity contribution < 1.29 is 13.9 Å². The van der Waals surface area contributed by atoms with E-state index in [2.05, 4.69) is 22.4 Å². The predicted molar refractivity (Wildman–Crippen MR) is 136 cm³/mol. The lowest BCUT2D eigenvalue weighted by Crippen LogP contribution is -2.30. The minimum Gasteiger partial charge on any atom is -0.497 e. The van der Waals surface area contributed by atoms with E-state index in [0.29, 0.717) is 16.5 Å². The first kappa shape index (κ1) is 24.5. The van der Waals surface area contributed by atoms with Gasteiger partial charge in [-0.05, 0) is 47.4 Å². The Morgan fingerprint density at radius 2 is 1.83 bits per heavy atom. The maximum atomic E-state index is 14.0. The first-order valence-corrected chi connectivity index (χ1v) is 12.3. The van der Waals surface area contributed by atoms with Crippen LogP contribution in [0.1, 0.15) is 29.7 Å². The molecule has 8 heteroatoms. The fourth-order valence-corrected chi connectivity index (χ4v) is 4.50. The van der Waals surface area contributed by atoms with Crippen molar-refractivity contribution >= 4 is 17.7 Å². The van der Waals surface area contributed by atoms with Crippen molar-refractivity contribution in [2.24, 2.45) is 7.05 Å². The number of nitrogens with zero attached hydrogens (tertiary/aromatic N) is 3. The average Bonchev–Trinajstić information content (AvgIpc) is 3.26. The first-order chi connectivity index (χ1) is 17.0. The van der Waals surface area contributed by atoms with E-state index in [9.17, 15) is 9.18 Å². The van der Waals surface area contributed by atoms with Crippen LogP contribution >= 0.6 is 11.8 Å². The molecule has 0 bridgehead atoms. The van der Waals surface area contributed by atoms with Gasteiger partial charge < -0.3 is 14.6 Å². The molecule has 1 N–H and O–H groups in total. The lowest BCUT2D eigenvalue weighted by Gasteiger charge is -2.20. The number of hydrogen-bond donors (Lipinski definition) is 1. The highest BCUT2D eigenvalue weighted by molar-refractivity contribution is 7.99. The van der Waals surface area contributed by atoms with Gasteiger partial charge in [-0.1, -0.05) is 67.2 Å². The normalized spacial score (nSPS) is 11.8. The fourth-order valence-electron chi connectivity index (χ4n) is 3.78. The molecule has 0 spiro atoms. The number of nitrogens with one attached hydrogen (secondary N) is 1. The molecule has 0 aliphatic carbocycles. The minimum atomic E-state index is -0.462. The van der Waals surface area contributed by atoms with Crippen LogP contribution in [0.4, 0.5) is 4.39 Å². The molecule has 1 aromatic heterocycles. The number of aryl methyl sites for hydroxylation is 1. The standard InChI is InChI=1S/C27H27FN4O2S/c1-4-18-11-13-19(14-12-18)25(20-7-5-9-22(28)15-20)29-24(33)17-35-27-31-30-26(32(27)2)21-8-6-10-23(16-21)34-3/h5-16,25H,4,17H2,1-3H3,(H,29,33)/t25-/m0/s1. The SMILES string of the molecule is CCc1ccc([C@H](NC(=O)CSc2nnc(-c3cccc(OC)c3)n2C)c2cccc(F)c2)cc1. The molecule has 1 atom stereocenters. The van der Waals surface area contributed by atoms with Crippen molar-refractivity contribution in [2.45, 2.75) is 24.5 Å². The zero-order valence-electron chi connectivity index (χ0n) is 19.9. The fraction of sp³-hybridized carbons (Fsp3) is 0.222. The zero-order chi connectivity index (χ0) is 24.8. The van der Waals surface area contributed by atoms with E-state index in [4.69, 9.17) is 4.74 Å². The molecular weight excluding hydrogens is 463 g/mol. The summed E-state index contributed by atoms with van der Waals surface area (Å²) in [5, 5.41) is 12.2. The second-order valence-electron chi connectivity index (χ2n) is 8.04. The van der Waals surface area contributed by atoms with Crippen LogP contribution in [-0.2, 0) is 18.3 Å². The van der Waals surface area contributed by atoms with Gasteiger partial charge >= 0.3 is 0 Å². The lowest BCUT2D eigenvalue weighted by atomic mass is 9.97. The van der Waals surface area contributed by atoms with Gasteiger partial charge in [0.25, 0.3) is 0 Å². The average molecular weight is 491 g/mol. The molecular formula is C27H27FN4O2S. The molecule has 180 valence electrons. The molecule has 4 aromatic rings. The van der Waals surface area contributed by atoms with Crippen LogP contribution in [0.2, 0.25) is 0 Å². The van der Waals surface area contributed by atoms with E-state index in [-0.39, 0.29) is 17.5 Å². The third-order valence-corrected chi connectivity index (χ3v) is 6.72. The summed E-state index contributed by atoms with van der Waals surface area (Å²) in [7, 11) is 3.48. The summed E-state index contributed by atoms with van der Waals surface area (Å²) in [5.74, 6) is 1.03. The van der Waals surface area contributed by atoms with Crippen molar-refractivity contribution in [3.63, 3.8) is 0 Å². The van der Waals surface area contributed by atoms with Gasteiger partial charge in [0.05, 0.1) is 18.9 Å². The van der Waals surface area contributed by atoms with Crippen LogP contribution in [0, 0.1) is 5.82 Å². The number of halogens is 1. The Balaban J connectivity index is 1.49. The summed E-state index contributed by atoms with van der Waals surface area (Å²) in [5.41, 5.74) is 3.65. The molecule has 1 amide bonds. The number of hydrogen-bond acceptors (Lipinski definition) is 5. The number of ether oxygens (including phenoxy) is 1. The van der Waals surface area contributed by atoms with E-state index < -0.39 is 6.04 Å². The number of benzene rings is 3. The van der Waals surface area contributed by atoms with Gasteiger partial charge in [0, 0.05) is 12.6 Å². The Morgan fingerprint density at radius 3 is 2.54 bits per heavy atom. The predicted octanol–water partition coefficient (Wildman–Crippen LogP) is 5.19. The number of carbonyl (C=O) groups excluding carboxylic acids is 1. The van der Waals surface area contributed by atoms with Crippen molar-refractivity contribution in [1.82, 2.24) is 20.1 Å². The second-order valence-corrected chi connectivity index (χ2v) is 8.98. The summed E-state index contributed by atoms with van der Waals surface area (Å²) in [6.07, 6.45) is 0.920. The van der Waals surface area contributed by atoms with Crippen molar-refractivity contribution in [2.75, 3.05) is 12.9 Å². The topological polar surface area (TPSA) is 69.0 Å². The number of carbonyl (C=O) groups is 1. The van der Waals surface area contributed by atoms with E-state index in [1.165, 1.54) is 29.5 Å². The number of thioether (sulfide) groups is 1. The monoisotopic (exact) mass is 490 g/mol. The molecule has 4 rings (SSSR count). The third kappa shape index (κ3) is 5.89. The number of aromatic nitrogens is 3. The van der Waals surface area contributed by atoms with E-state index in [0.717, 1.165) is 23.3 Å². The van der Waals surface area contributed by atoms with E-state index in [1.54, 1.807) is 13.2 Å². The van der Waals surface area contributed by atoms with Gasteiger partial charge in [0.15, 0.2) is 11.0 Å². The Kier molecular flexibility index (Phi) is 7.82. The number of methoxy groups -OCH3 is 1. The third-order valence-electron chi connectivity index (χ3n) is 5.70. The molecule has 0 aliphatic rings. The Hall–Kier alpha value is -3.65. The molecule has 0 unspecified atom stereocenters. The van der Waals surface area contributed by atoms with Gasteiger partial charge in [-0.3, -0.25) is 4.79 Å². The largest absolute Gasteiger partial charge is 0.497 e. The maximum Gasteiger partial charge on any atom is 0.231 e. The highest BCUT2D eigenvalue weighted by Crippen LogP contribution is 2.27. The molecule has 6 nitrogen and oxygen atoms in total. The minimum absolute atomic E-state index is 0.142. The molecule has 0 saturated carbocycles. The summed E-state index contributed by atoms with van der Waals surface area (Å²) < 4.78 is 21.1. The number of amides is 1. The Morgan fingerprint density at radius 1 is 1.06 bits per heavy atom. The lowest BCUT2D eigenvalue weighted by molar-refractivity contribution is -0.119. The molecule has 35 heavy (non-hydrogen) atoms. The van der Waals surface area contributed by atoms with Crippen LogP contribution in [-0.4, -0.2) is 33.5 Å². The molecule has 3 aromatic carbocycles. The van der Waals surface area contributed by atoms with Crippen LogP contribution in [0.15, 0.2) is 78.0 Å². The first-order valence-electron chi connectivity index (χ1n) is 11.3. The summed E-state index contributed by atoms with van der Waals surface area (Å²) in [6.45, 7) is 2.09. The maximum absolute atomic E-state index is 14.0. The van der Waals surface area contributed by atoms with E-state index >= 15 is 0 Å². The summed E-state index contributed by atoms with van der Waals surface area (Å²) in [6, 6.07) is 21.4. The van der Waals surface area contributed by atoms with Crippen molar-refractivity contribution in [3.05, 3.63) is 95.3 Å². The second kappa shape index (κ2) is 11.2. The van der Waals surface area contributed by atoms with E-state index in [1.807, 2.05) is 66.2 Å². The Labute approximate surface area is 208 Å². The van der Waals surface area contributed by atoms with Crippen molar-refractivity contribution in [3.8, 4) is 17.1 Å². The number of rotatable bonds is 9. The molecule has 0 aliphatic heterocycles. The molecule has 0 fully saturated rings. The van der Waals surface area contributed by atoms with Crippen LogP contribution < -0.4 is 10.1 Å². The molecule has 0 radical (unpaired) electrons. The Bertz CT molecular complexity index is 1310. The zero-order valence-corrected chi connectivity index (χ0v) is 20.7.